The molecule has 5 heteroatoms. The molecule has 126 valence electrons. The van der Waals surface area contributed by atoms with Gasteiger partial charge in [-0.2, -0.15) is 5.10 Å². The lowest BCUT2D eigenvalue weighted by atomic mass is 9.84. The van der Waals surface area contributed by atoms with Crippen LogP contribution >= 0.6 is 0 Å². The van der Waals surface area contributed by atoms with Gasteiger partial charge in [-0.25, -0.2) is 0 Å². The van der Waals surface area contributed by atoms with E-state index in [1.807, 2.05) is 6.92 Å². The maximum atomic E-state index is 13.3. The number of hydrogen-bond acceptors (Lipinski definition) is 3. The Morgan fingerprint density at radius 1 is 1.22 bits per heavy atom. The van der Waals surface area contributed by atoms with Crippen molar-refractivity contribution in [2.24, 2.45) is 0 Å². The quantitative estimate of drug-likeness (QED) is 0.864. The molecular weight excluding hydrogens is 290 g/mol. The summed E-state index contributed by atoms with van der Waals surface area (Å²) >= 11 is 0. The Kier molecular flexibility index (Phi) is 3.71. The Morgan fingerprint density at radius 3 is 2.65 bits per heavy atom. The van der Waals surface area contributed by atoms with Gasteiger partial charge in [-0.15, -0.1) is 0 Å². The first-order valence-corrected chi connectivity index (χ1v) is 9.15. The van der Waals surface area contributed by atoms with Gasteiger partial charge < -0.3 is 9.64 Å². The van der Waals surface area contributed by atoms with Crippen LogP contribution in [0.1, 0.15) is 86.6 Å². The molecule has 1 aliphatic carbocycles. The number of carbonyl (C=O) groups excluding carboxylic acids is 1. The fraction of sp³-hybridized carbons (Fsp3) is 0.778. The number of H-pyrrole nitrogens is 1. The average Bonchev–Trinajstić information content (AvgIpc) is 3.15. The van der Waals surface area contributed by atoms with Gasteiger partial charge in [0.15, 0.2) is 5.69 Å². The van der Waals surface area contributed by atoms with Crippen molar-refractivity contribution in [1.82, 2.24) is 15.1 Å². The minimum atomic E-state index is -0.00963. The third kappa shape index (κ3) is 2.40. The van der Waals surface area contributed by atoms with E-state index < -0.39 is 0 Å². The van der Waals surface area contributed by atoms with Crippen LogP contribution in [-0.2, 0) is 11.2 Å². The van der Waals surface area contributed by atoms with Gasteiger partial charge in [0, 0.05) is 24.1 Å². The molecule has 1 spiro atoms. The van der Waals surface area contributed by atoms with Gasteiger partial charge in [-0.1, -0.05) is 12.8 Å². The molecule has 3 heterocycles. The monoisotopic (exact) mass is 317 g/mol. The number of nitrogens with zero attached hydrogens (tertiary/aromatic N) is 2. The largest absolute Gasteiger partial charge is 0.369 e. The molecule has 2 aliphatic heterocycles. The SMILES string of the molecule is C[C@@H]1Cc2c(C(=O)N3CCCCC34CCCC4)n[nH]c2[C@H](C)O1. The Bertz CT molecular complexity index is 603. The molecule has 0 unspecified atom stereocenters. The van der Waals surface area contributed by atoms with Crippen LogP contribution < -0.4 is 0 Å². The van der Waals surface area contributed by atoms with Crippen LogP contribution in [0.4, 0.5) is 0 Å². The molecule has 2 fully saturated rings. The van der Waals surface area contributed by atoms with Gasteiger partial charge in [0.1, 0.15) is 0 Å². The van der Waals surface area contributed by atoms with Crippen molar-refractivity contribution in [2.45, 2.75) is 83.0 Å². The maximum Gasteiger partial charge on any atom is 0.275 e. The van der Waals surface area contributed by atoms with E-state index in [-0.39, 0.29) is 23.7 Å². The maximum absolute atomic E-state index is 13.3. The summed E-state index contributed by atoms with van der Waals surface area (Å²) in [5, 5.41) is 7.49. The van der Waals surface area contributed by atoms with Crippen LogP contribution in [0, 0.1) is 0 Å². The van der Waals surface area contributed by atoms with Gasteiger partial charge in [-0.3, -0.25) is 9.89 Å². The van der Waals surface area contributed by atoms with Crippen molar-refractivity contribution in [3.05, 3.63) is 17.0 Å². The number of aromatic nitrogens is 2. The predicted octanol–water partition coefficient (Wildman–Crippen LogP) is 3.37. The van der Waals surface area contributed by atoms with Gasteiger partial charge in [0.05, 0.1) is 17.9 Å². The summed E-state index contributed by atoms with van der Waals surface area (Å²) in [5.41, 5.74) is 2.84. The summed E-state index contributed by atoms with van der Waals surface area (Å²) in [6.45, 7) is 4.99. The number of piperidine rings is 1. The zero-order valence-electron chi connectivity index (χ0n) is 14.2. The molecule has 0 radical (unpaired) electrons. The highest BCUT2D eigenvalue weighted by molar-refractivity contribution is 5.94. The first kappa shape index (κ1) is 15.2. The van der Waals surface area contributed by atoms with Crippen LogP contribution in [0.3, 0.4) is 0 Å². The zero-order chi connectivity index (χ0) is 16.0. The summed E-state index contributed by atoms with van der Waals surface area (Å²) in [7, 11) is 0. The standard InChI is InChI=1S/C18H27N3O2/c1-12-11-14-15(13(2)23-12)19-20-16(14)17(22)21-10-6-5-9-18(21)7-3-4-8-18/h12-13H,3-11H2,1-2H3,(H,19,20)/t12-,13+/m1/s1. The molecule has 1 aromatic heterocycles. The zero-order valence-corrected chi connectivity index (χ0v) is 14.2. The fourth-order valence-electron chi connectivity index (χ4n) is 4.94. The van der Waals surface area contributed by atoms with E-state index in [0.717, 1.165) is 30.6 Å². The normalized spacial score (nSPS) is 29.7. The molecule has 23 heavy (non-hydrogen) atoms. The van der Waals surface area contributed by atoms with Gasteiger partial charge in [-0.05, 0) is 46.0 Å². The van der Waals surface area contributed by atoms with Crippen molar-refractivity contribution >= 4 is 5.91 Å². The van der Waals surface area contributed by atoms with E-state index in [1.54, 1.807) is 0 Å². The molecule has 1 saturated heterocycles. The van der Waals surface area contributed by atoms with Gasteiger partial charge in [0.2, 0.25) is 0 Å². The highest BCUT2D eigenvalue weighted by Crippen LogP contribution is 2.43. The first-order valence-electron chi connectivity index (χ1n) is 9.15. The molecule has 1 saturated carbocycles. The second-order valence-corrected chi connectivity index (χ2v) is 7.60. The molecule has 1 N–H and O–H groups in total. The Hall–Kier alpha value is -1.36. The number of rotatable bonds is 1. The number of nitrogens with one attached hydrogen (secondary N) is 1. The summed E-state index contributed by atoms with van der Waals surface area (Å²) < 4.78 is 5.85. The number of fused-ring (bicyclic) bond motifs is 1. The fourth-order valence-corrected chi connectivity index (χ4v) is 4.94. The Morgan fingerprint density at radius 2 is 1.91 bits per heavy atom. The van der Waals surface area contributed by atoms with Crippen LogP contribution in [0.25, 0.3) is 0 Å². The summed E-state index contributed by atoms with van der Waals surface area (Å²) in [6.07, 6.45) is 9.30. The van der Waals surface area contributed by atoms with E-state index >= 15 is 0 Å². The van der Waals surface area contributed by atoms with Crippen LogP contribution in [0.5, 0.6) is 0 Å². The number of hydrogen-bond donors (Lipinski definition) is 1. The number of aromatic amines is 1. The van der Waals surface area contributed by atoms with Crippen molar-refractivity contribution in [3.63, 3.8) is 0 Å². The molecule has 1 aromatic rings. The predicted molar refractivity (Wildman–Crippen MR) is 87.3 cm³/mol. The third-order valence-corrected chi connectivity index (χ3v) is 6.06. The lowest BCUT2D eigenvalue weighted by molar-refractivity contribution is -0.00715. The molecule has 0 aromatic carbocycles. The number of amides is 1. The van der Waals surface area contributed by atoms with Gasteiger partial charge in [0.25, 0.3) is 5.91 Å². The van der Waals surface area contributed by atoms with Crippen LogP contribution in [-0.4, -0.2) is 39.2 Å². The van der Waals surface area contributed by atoms with E-state index in [9.17, 15) is 4.79 Å². The summed E-state index contributed by atoms with van der Waals surface area (Å²) in [4.78, 5) is 15.5. The summed E-state index contributed by atoms with van der Waals surface area (Å²) in [5.74, 6) is 0.144. The van der Waals surface area contributed by atoms with Crippen LogP contribution in [0.15, 0.2) is 0 Å². The van der Waals surface area contributed by atoms with E-state index in [4.69, 9.17) is 4.74 Å². The van der Waals surface area contributed by atoms with Crippen molar-refractivity contribution in [1.29, 1.82) is 0 Å². The number of ether oxygens (including phenoxy) is 1. The Labute approximate surface area is 137 Å². The highest BCUT2D eigenvalue weighted by Gasteiger charge is 2.45. The number of likely N-dealkylation sites (tertiary alicyclic amines) is 1. The van der Waals surface area contributed by atoms with E-state index in [1.165, 1.54) is 38.5 Å². The molecular formula is C18H27N3O2. The second-order valence-electron chi connectivity index (χ2n) is 7.60. The number of carbonyl (C=O) groups is 1. The lowest BCUT2D eigenvalue weighted by Gasteiger charge is -2.45. The summed E-state index contributed by atoms with van der Waals surface area (Å²) in [6, 6.07) is 0. The molecule has 2 atom stereocenters. The first-order chi connectivity index (χ1) is 11.1. The van der Waals surface area contributed by atoms with Crippen molar-refractivity contribution in [3.8, 4) is 0 Å². The lowest BCUT2D eigenvalue weighted by Crippen LogP contribution is -2.53. The molecule has 5 nitrogen and oxygen atoms in total. The van der Waals surface area contributed by atoms with Crippen molar-refractivity contribution in [2.75, 3.05) is 6.54 Å². The van der Waals surface area contributed by atoms with Crippen LogP contribution in [0.2, 0.25) is 0 Å². The highest BCUT2D eigenvalue weighted by atomic mass is 16.5. The average molecular weight is 317 g/mol. The second kappa shape index (κ2) is 5.62. The third-order valence-electron chi connectivity index (χ3n) is 6.06. The molecule has 3 aliphatic rings. The van der Waals surface area contributed by atoms with Crippen molar-refractivity contribution < 1.29 is 9.53 Å². The topological polar surface area (TPSA) is 58.2 Å². The molecule has 1 amide bonds. The molecule has 4 rings (SSSR count). The minimum Gasteiger partial charge on any atom is -0.369 e. The molecule has 0 bridgehead atoms. The smallest absolute Gasteiger partial charge is 0.275 e. The van der Waals surface area contributed by atoms with Gasteiger partial charge >= 0.3 is 0 Å². The Balaban J connectivity index is 1.67. The van der Waals surface area contributed by atoms with E-state index in [0.29, 0.717) is 5.69 Å². The minimum absolute atomic E-state index is 0.00963. The van der Waals surface area contributed by atoms with E-state index in [2.05, 4.69) is 22.0 Å².